The molecular weight excluding hydrogens is 286 g/mol. The van der Waals surface area contributed by atoms with Gasteiger partial charge in [0.15, 0.2) is 0 Å². The Balaban J connectivity index is 1.96. The zero-order valence-electron chi connectivity index (χ0n) is 15.4. The SMILES string of the molecule is Cc1cccc(N2CCN(C(C)C(=O)NC(C)(C)C)CC2)c1C. The van der Waals surface area contributed by atoms with E-state index in [1.807, 2.05) is 27.7 Å². The first-order chi connectivity index (χ1) is 10.7. The second-order valence-electron chi connectivity index (χ2n) is 7.66. The van der Waals surface area contributed by atoms with Crippen molar-refractivity contribution < 1.29 is 4.79 Å². The second-order valence-corrected chi connectivity index (χ2v) is 7.66. The molecule has 0 aromatic heterocycles. The smallest absolute Gasteiger partial charge is 0.237 e. The third kappa shape index (κ3) is 4.47. The van der Waals surface area contributed by atoms with E-state index >= 15 is 0 Å². The summed E-state index contributed by atoms with van der Waals surface area (Å²) in [5.74, 6) is 0.123. The number of nitrogens with zero attached hydrogens (tertiary/aromatic N) is 2. The molecule has 1 atom stereocenters. The Hall–Kier alpha value is -1.55. The molecule has 128 valence electrons. The number of rotatable bonds is 3. The molecule has 1 aromatic rings. The summed E-state index contributed by atoms with van der Waals surface area (Å²) in [7, 11) is 0. The summed E-state index contributed by atoms with van der Waals surface area (Å²) in [6.07, 6.45) is 0. The molecule has 1 aliphatic rings. The molecule has 0 saturated carbocycles. The number of hydrogen-bond donors (Lipinski definition) is 1. The lowest BCUT2D eigenvalue weighted by Crippen LogP contribution is -2.56. The van der Waals surface area contributed by atoms with E-state index in [0.717, 1.165) is 26.2 Å². The van der Waals surface area contributed by atoms with Crippen LogP contribution in [0.15, 0.2) is 18.2 Å². The molecular formula is C19H31N3O. The Labute approximate surface area is 140 Å². The van der Waals surface area contributed by atoms with E-state index in [1.165, 1.54) is 16.8 Å². The zero-order valence-corrected chi connectivity index (χ0v) is 15.4. The minimum Gasteiger partial charge on any atom is -0.369 e. The van der Waals surface area contributed by atoms with Crippen molar-refractivity contribution >= 4 is 11.6 Å². The van der Waals surface area contributed by atoms with Gasteiger partial charge in [0.25, 0.3) is 0 Å². The number of anilines is 1. The van der Waals surface area contributed by atoms with Crippen molar-refractivity contribution in [2.75, 3.05) is 31.1 Å². The Morgan fingerprint density at radius 1 is 1.13 bits per heavy atom. The van der Waals surface area contributed by atoms with Crippen LogP contribution in [-0.2, 0) is 4.79 Å². The first-order valence-electron chi connectivity index (χ1n) is 8.56. The highest BCUT2D eigenvalue weighted by molar-refractivity contribution is 5.82. The van der Waals surface area contributed by atoms with E-state index in [2.05, 4.69) is 47.2 Å². The molecule has 1 saturated heterocycles. The molecule has 1 heterocycles. The molecule has 23 heavy (non-hydrogen) atoms. The Kier molecular flexibility index (Phi) is 5.35. The average Bonchev–Trinajstić information content (AvgIpc) is 2.48. The molecule has 0 radical (unpaired) electrons. The van der Waals surface area contributed by atoms with E-state index in [1.54, 1.807) is 0 Å². The van der Waals surface area contributed by atoms with Gasteiger partial charge in [0, 0.05) is 37.4 Å². The minimum atomic E-state index is -0.175. The van der Waals surface area contributed by atoms with Crippen LogP contribution in [0.3, 0.4) is 0 Å². The van der Waals surface area contributed by atoms with Gasteiger partial charge in [-0.05, 0) is 58.7 Å². The topological polar surface area (TPSA) is 35.6 Å². The fraction of sp³-hybridized carbons (Fsp3) is 0.632. The van der Waals surface area contributed by atoms with E-state index in [0.29, 0.717) is 0 Å². The van der Waals surface area contributed by atoms with Crippen LogP contribution in [-0.4, -0.2) is 48.6 Å². The number of amides is 1. The van der Waals surface area contributed by atoms with Crippen LogP contribution < -0.4 is 10.2 Å². The van der Waals surface area contributed by atoms with Gasteiger partial charge >= 0.3 is 0 Å². The molecule has 0 aliphatic carbocycles. The van der Waals surface area contributed by atoms with Crippen molar-refractivity contribution in [2.45, 2.75) is 53.1 Å². The minimum absolute atomic E-state index is 0.0741. The predicted molar refractivity (Wildman–Crippen MR) is 97.1 cm³/mol. The van der Waals surface area contributed by atoms with Gasteiger partial charge in [-0.1, -0.05) is 12.1 Å². The molecule has 2 rings (SSSR count). The average molecular weight is 317 g/mol. The maximum atomic E-state index is 12.3. The number of aryl methyl sites for hydroxylation is 1. The number of nitrogens with one attached hydrogen (secondary N) is 1. The van der Waals surface area contributed by atoms with Crippen LogP contribution in [0.25, 0.3) is 0 Å². The Morgan fingerprint density at radius 3 is 2.30 bits per heavy atom. The van der Waals surface area contributed by atoms with Gasteiger partial charge < -0.3 is 10.2 Å². The van der Waals surface area contributed by atoms with Crippen LogP contribution in [0.4, 0.5) is 5.69 Å². The highest BCUT2D eigenvalue weighted by Gasteiger charge is 2.28. The first-order valence-corrected chi connectivity index (χ1v) is 8.56. The van der Waals surface area contributed by atoms with Crippen LogP contribution >= 0.6 is 0 Å². The summed E-state index contributed by atoms with van der Waals surface area (Å²) in [6, 6.07) is 6.42. The summed E-state index contributed by atoms with van der Waals surface area (Å²) in [6.45, 7) is 16.2. The van der Waals surface area contributed by atoms with Crippen molar-refractivity contribution in [2.24, 2.45) is 0 Å². The van der Waals surface area contributed by atoms with Crippen molar-refractivity contribution in [3.63, 3.8) is 0 Å². The quantitative estimate of drug-likeness (QED) is 0.931. The first kappa shape index (κ1) is 17.8. The van der Waals surface area contributed by atoms with Crippen molar-refractivity contribution in [3.8, 4) is 0 Å². The standard InChI is InChI=1S/C19H31N3O/c1-14-8-7-9-17(15(14)2)22-12-10-21(11-13-22)16(3)18(23)20-19(4,5)6/h7-9,16H,10-13H2,1-6H3,(H,20,23). The zero-order chi connectivity index (χ0) is 17.2. The second kappa shape index (κ2) is 6.91. The molecule has 1 fully saturated rings. The highest BCUT2D eigenvalue weighted by Crippen LogP contribution is 2.24. The lowest BCUT2D eigenvalue weighted by Gasteiger charge is -2.39. The third-order valence-electron chi connectivity index (χ3n) is 4.66. The molecule has 0 bridgehead atoms. The van der Waals surface area contributed by atoms with Crippen LogP contribution in [0.2, 0.25) is 0 Å². The molecule has 4 nitrogen and oxygen atoms in total. The number of benzene rings is 1. The molecule has 4 heteroatoms. The number of carbonyl (C=O) groups is 1. The molecule has 0 spiro atoms. The van der Waals surface area contributed by atoms with Gasteiger partial charge in [-0.2, -0.15) is 0 Å². The lowest BCUT2D eigenvalue weighted by atomic mass is 10.1. The number of piperazine rings is 1. The summed E-state index contributed by atoms with van der Waals surface area (Å²) in [4.78, 5) is 17.1. The summed E-state index contributed by atoms with van der Waals surface area (Å²) >= 11 is 0. The number of hydrogen-bond acceptors (Lipinski definition) is 3. The fourth-order valence-electron chi connectivity index (χ4n) is 3.07. The van der Waals surface area contributed by atoms with E-state index in [9.17, 15) is 4.79 Å². The van der Waals surface area contributed by atoms with Gasteiger partial charge in [-0.3, -0.25) is 9.69 Å². The van der Waals surface area contributed by atoms with Gasteiger partial charge in [0.05, 0.1) is 6.04 Å². The normalized spacial score (nSPS) is 17.9. The monoisotopic (exact) mass is 317 g/mol. The van der Waals surface area contributed by atoms with Crippen molar-refractivity contribution in [1.29, 1.82) is 0 Å². The largest absolute Gasteiger partial charge is 0.369 e. The fourth-order valence-corrected chi connectivity index (χ4v) is 3.07. The molecule has 1 N–H and O–H groups in total. The van der Waals surface area contributed by atoms with E-state index in [4.69, 9.17) is 0 Å². The maximum absolute atomic E-state index is 12.3. The van der Waals surface area contributed by atoms with E-state index < -0.39 is 0 Å². The Morgan fingerprint density at radius 2 is 1.74 bits per heavy atom. The van der Waals surface area contributed by atoms with E-state index in [-0.39, 0.29) is 17.5 Å². The summed E-state index contributed by atoms with van der Waals surface area (Å²) in [5.41, 5.74) is 3.85. The third-order valence-corrected chi connectivity index (χ3v) is 4.66. The van der Waals surface area contributed by atoms with Crippen molar-refractivity contribution in [1.82, 2.24) is 10.2 Å². The predicted octanol–water partition coefficient (Wildman–Crippen LogP) is 2.73. The van der Waals surface area contributed by atoms with Crippen LogP contribution in [0, 0.1) is 13.8 Å². The van der Waals surface area contributed by atoms with Crippen LogP contribution in [0.1, 0.15) is 38.8 Å². The molecule has 1 amide bonds. The highest BCUT2D eigenvalue weighted by atomic mass is 16.2. The van der Waals surface area contributed by atoms with Gasteiger partial charge in [0.2, 0.25) is 5.91 Å². The van der Waals surface area contributed by atoms with Crippen LogP contribution in [0.5, 0.6) is 0 Å². The summed E-state index contributed by atoms with van der Waals surface area (Å²) in [5, 5.41) is 3.08. The summed E-state index contributed by atoms with van der Waals surface area (Å²) < 4.78 is 0. The molecule has 1 unspecified atom stereocenters. The molecule has 1 aliphatic heterocycles. The van der Waals surface area contributed by atoms with Gasteiger partial charge in [-0.25, -0.2) is 0 Å². The number of carbonyl (C=O) groups excluding carboxylic acids is 1. The Bertz CT molecular complexity index is 554. The van der Waals surface area contributed by atoms with Gasteiger partial charge in [-0.15, -0.1) is 0 Å². The maximum Gasteiger partial charge on any atom is 0.237 e. The van der Waals surface area contributed by atoms with Crippen molar-refractivity contribution in [3.05, 3.63) is 29.3 Å². The van der Waals surface area contributed by atoms with Gasteiger partial charge in [0.1, 0.15) is 0 Å². The lowest BCUT2D eigenvalue weighted by molar-refractivity contribution is -0.127. The molecule has 1 aromatic carbocycles.